The van der Waals surface area contributed by atoms with E-state index in [9.17, 15) is 0 Å². The van der Waals surface area contributed by atoms with Gasteiger partial charge < -0.3 is 0 Å². The van der Waals surface area contributed by atoms with Gasteiger partial charge in [0.2, 0.25) is 0 Å². The number of hydrogen-bond donors (Lipinski definition) is 0. The van der Waals surface area contributed by atoms with E-state index < -0.39 is 0 Å². The van der Waals surface area contributed by atoms with Gasteiger partial charge in [-0.3, -0.25) is 0 Å². The summed E-state index contributed by atoms with van der Waals surface area (Å²) < 4.78 is 0. The molecule has 1 aromatic heterocycles. The summed E-state index contributed by atoms with van der Waals surface area (Å²) in [6, 6.07) is 4.04. The summed E-state index contributed by atoms with van der Waals surface area (Å²) in [7, 11) is 0. The second-order valence-corrected chi connectivity index (χ2v) is 4.73. The first-order valence-electron chi connectivity index (χ1n) is 4.17. The number of halogens is 2. The molecule has 1 nitrogen and oxygen atoms in total. The van der Waals surface area contributed by atoms with E-state index in [2.05, 4.69) is 34.8 Å². The van der Waals surface area contributed by atoms with Gasteiger partial charge in [0.15, 0.2) is 0 Å². The molecule has 0 spiro atoms. The first kappa shape index (κ1) is 11.0. The third kappa shape index (κ3) is 2.44. The number of aromatic nitrogens is 1. The van der Waals surface area contributed by atoms with E-state index in [4.69, 9.17) is 11.6 Å². The van der Waals surface area contributed by atoms with Gasteiger partial charge in [-0.15, -0.1) is 0 Å². The maximum absolute atomic E-state index is 6.06. The lowest BCUT2D eigenvalue weighted by molar-refractivity contribution is 0.603. The second kappa shape index (κ2) is 3.97. The summed E-state index contributed by atoms with van der Waals surface area (Å²) in [4.78, 5) is 4.23. The van der Waals surface area contributed by atoms with E-state index in [0.717, 1.165) is 16.6 Å². The van der Waals surface area contributed by atoms with E-state index in [1.54, 1.807) is 0 Å². The van der Waals surface area contributed by atoms with E-state index in [1.165, 1.54) is 0 Å². The van der Waals surface area contributed by atoms with Crippen LogP contribution in [-0.4, -0.2) is 10.3 Å². The van der Waals surface area contributed by atoms with Crippen LogP contribution in [0.1, 0.15) is 25.1 Å². The van der Waals surface area contributed by atoms with Crippen LogP contribution in [0.5, 0.6) is 0 Å². The van der Waals surface area contributed by atoms with Gasteiger partial charge in [-0.05, 0) is 18.6 Å². The molecule has 0 N–H and O–H groups in total. The van der Waals surface area contributed by atoms with Crippen molar-refractivity contribution in [2.24, 2.45) is 0 Å². The average molecular weight is 263 g/mol. The maximum Gasteiger partial charge on any atom is 0.133 e. The third-order valence-corrected chi connectivity index (χ3v) is 3.74. The molecular weight excluding hydrogens is 249 g/mol. The van der Waals surface area contributed by atoms with Gasteiger partial charge in [-0.1, -0.05) is 47.4 Å². The van der Waals surface area contributed by atoms with Crippen LogP contribution >= 0.6 is 27.5 Å². The highest BCUT2D eigenvalue weighted by Crippen LogP contribution is 2.30. The Labute approximate surface area is 92.6 Å². The Hall–Kier alpha value is -0.0800. The van der Waals surface area contributed by atoms with E-state index in [-0.39, 0.29) is 5.41 Å². The molecule has 0 radical (unpaired) electrons. The summed E-state index contributed by atoms with van der Waals surface area (Å²) in [5.41, 5.74) is 2.09. The van der Waals surface area contributed by atoms with Crippen LogP contribution in [0.3, 0.4) is 0 Å². The lowest BCUT2D eigenvalue weighted by atomic mass is 9.88. The van der Waals surface area contributed by atoms with E-state index in [0.29, 0.717) is 5.15 Å². The highest BCUT2D eigenvalue weighted by atomic mass is 79.9. The topological polar surface area (TPSA) is 12.9 Å². The SMILES string of the molecule is Cc1ccc(C(C)(C)CBr)c(Cl)n1. The highest BCUT2D eigenvalue weighted by Gasteiger charge is 2.22. The van der Waals surface area contributed by atoms with Crippen molar-refractivity contribution in [2.45, 2.75) is 26.2 Å². The molecule has 0 bridgehead atoms. The van der Waals surface area contributed by atoms with Crippen LogP contribution in [-0.2, 0) is 5.41 Å². The van der Waals surface area contributed by atoms with Gasteiger partial charge in [0, 0.05) is 16.4 Å². The van der Waals surface area contributed by atoms with Crippen molar-refractivity contribution in [2.75, 3.05) is 5.33 Å². The summed E-state index contributed by atoms with van der Waals surface area (Å²) in [6.45, 7) is 6.22. The summed E-state index contributed by atoms with van der Waals surface area (Å²) >= 11 is 9.53. The largest absolute Gasteiger partial charge is 0.241 e. The molecule has 0 saturated carbocycles. The number of nitrogens with zero attached hydrogens (tertiary/aromatic N) is 1. The van der Waals surface area contributed by atoms with Gasteiger partial charge in [-0.25, -0.2) is 4.98 Å². The van der Waals surface area contributed by atoms with Gasteiger partial charge in [0.1, 0.15) is 5.15 Å². The Bertz CT molecular complexity index is 310. The fourth-order valence-corrected chi connectivity index (χ4v) is 1.86. The van der Waals surface area contributed by atoms with Crippen LogP contribution in [0.25, 0.3) is 0 Å². The fraction of sp³-hybridized carbons (Fsp3) is 0.500. The molecule has 13 heavy (non-hydrogen) atoms. The molecule has 0 saturated heterocycles. The number of hydrogen-bond acceptors (Lipinski definition) is 1. The molecule has 1 heterocycles. The normalized spacial score (nSPS) is 11.8. The molecule has 0 aliphatic heterocycles. The zero-order chi connectivity index (χ0) is 10.1. The fourth-order valence-electron chi connectivity index (χ4n) is 1.10. The molecular formula is C10H13BrClN. The third-order valence-electron chi connectivity index (χ3n) is 2.05. The van der Waals surface area contributed by atoms with Gasteiger partial charge in [-0.2, -0.15) is 0 Å². The Morgan fingerprint density at radius 2 is 2.08 bits per heavy atom. The zero-order valence-electron chi connectivity index (χ0n) is 8.06. The van der Waals surface area contributed by atoms with Crippen molar-refractivity contribution in [3.63, 3.8) is 0 Å². The van der Waals surface area contributed by atoms with Gasteiger partial charge in [0.05, 0.1) is 0 Å². The molecule has 72 valence electrons. The van der Waals surface area contributed by atoms with E-state index >= 15 is 0 Å². The zero-order valence-corrected chi connectivity index (χ0v) is 10.4. The summed E-state index contributed by atoms with van der Waals surface area (Å²) in [5, 5.41) is 1.49. The molecule has 3 heteroatoms. The first-order chi connectivity index (χ1) is 5.97. The van der Waals surface area contributed by atoms with E-state index in [1.807, 2.05) is 19.1 Å². The molecule has 1 aromatic rings. The van der Waals surface area contributed by atoms with Crippen molar-refractivity contribution in [3.05, 3.63) is 28.5 Å². The number of rotatable bonds is 2. The number of aryl methyl sites for hydroxylation is 1. The predicted octanol–water partition coefficient (Wildman–Crippen LogP) is 3.72. The molecule has 0 aliphatic carbocycles. The average Bonchev–Trinajstić information content (AvgIpc) is 2.03. The van der Waals surface area contributed by atoms with Crippen molar-refractivity contribution >= 4 is 27.5 Å². The highest BCUT2D eigenvalue weighted by molar-refractivity contribution is 9.09. The Morgan fingerprint density at radius 1 is 1.46 bits per heavy atom. The summed E-state index contributed by atoms with van der Waals surface area (Å²) in [6.07, 6.45) is 0. The monoisotopic (exact) mass is 261 g/mol. The predicted molar refractivity (Wildman–Crippen MR) is 60.8 cm³/mol. The van der Waals surface area contributed by atoms with Gasteiger partial charge >= 0.3 is 0 Å². The lowest BCUT2D eigenvalue weighted by Gasteiger charge is -2.22. The smallest absolute Gasteiger partial charge is 0.133 e. The molecule has 0 atom stereocenters. The number of alkyl halides is 1. The second-order valence-electron chi connectivity index (χ2n) is 3.81. The Kier molecular flexibility index (Phi) is 3.36. The first-order valence-corrected chi connectivity index (χ1v) is 5.67. The molecule has 0 aromatic carbocycles. The van der Waals surface area contributed by atoms with Crippen molar-refractivity contribution in [3.8, 4) is 0 Å². The Balaban J connectivity index is 3.16. The summed E-state index contributed by atoms with van der Waals surface area (Å²) in [5.74, 6) is 0. The minimum absolute atomic E-state index is 0.0395. The lowest BCUT2D eigenvalue weighted by Crippen LogP contribution is -2.19. The van der Waals surface area contributed by atoms with Crippen LogP contribution in [0.4, 0.5) is 0 Å². The van der Waals surface area contributed by atoms with Crippen LogP contribution in [0, 0.1) is 6.92 Å². The molecule has 0 amide bonds. The standard InChI is InChI=1S/C10H13BrClN/c1-7-4-5-8(9(12)13-7)10(2,3)6-11/h4-5H,6H2,1-3H3. The van der Waals surface area contributed by atoms with Gasteiger partial charge in [0.25, 0.3) is 0 Å². The quantitative estimate of drug-likeness (QED) is 0.585. The Morgan fingerprint density at radius 3 is 2.54 bits per heavy atom. The molecule has 0 fully saturated rings. The van der Waals surface area contributed by atoms with Crippen molar-refractivity contribution in [1.82, 2.24) is 4.98 Å². The van der Waals surface area contributed by atoms with Crippen LogP contribution in [0.2, 0.25) is 5.15 Å². The molecule has 0 unspecified atom stereocenters. The van der Waals surface area contributed by atoms with Crippen molar-refractivity contribution in [1.29, 1.82) is 0 Å². The number of pyridine rings is 1. The van der Waals surface area contributed by atoms with Crippen LogP contribution in [0.15, 0.2) is 12.1 Å². The van der Waals surface area contributed by atoms with Crippen molar-refractivity contribution < 1.29 is 0 Å². The molecule has 1 rings (SSSR count). The van der Waals surface area contributed by atoms with Crippen LogP contribution < -0.4 is 0 Å². The minimum atomic E-state index is 0.0395. The minimum Gasteiger partial charge on any atom is -0.241 e. The molecule has 0 aliphatic rings. The maximum atomic E-state index is 6.06.